The Labute approximate surface area is 100 Å². The van der Waals surface area contributed by atoms with Crippen LogP contribution in [0, 0.1) is 0 Å². The van der Waals surface area contributed by atoms with Gasteiger partial charge in [-0.2, -0.15) is 4.31 Å². The average Bonchev–Trinajstić information content (AvgIpc) is 2.21. The summed E-state index contributed by atoms with van der Waals surface area (Å²) in [6.45, 7) is 0.501. The van der Waals surface area contributed by atoms with Crippen molar-refractivity contribution in [3.05, 3.63) is 0 Å². The molecule has 0 aromatic carbocycles. The predicted octanol–water partition coefficient (Wildman–Crippen LogP) is -1.04. The fraction of sp³-hybridized carbons (Fsp3) is 0.778. The van der Waals surface area contributed by atoms with Crippen LogP contribution in [0.25, 0.3) is 0 Å². The first-order chi connectivity index (χ1) is 7.83. The molecule has 1 saturated heterocycles. The van der Waals surface area contributed by atoms with Crippen LogP contribution in [0.2, 0.25) is 0 Å². The van der Waals surface area contributed by atoms with Gasteiger partial charge < -0.3 is 10.0 Å². The van der Waals surface area contributed by atoms with Gasteiger partial charge in [0.05, 0.1) is 12.3 Å². The van der Waals surface area contributed by atoms with Gasteiger partial charge in [-0.15, -0.1) is 0 Å². The van der Waals surface area contributed by atoms with Crippen molar-refractivity contribution in [3.63, 3.8) is 0 Å². The number of sulfonamides is 1. The zero-order valence-electron chi connectivity index (χ0n) is 9.63. The Morgan fingerprint density at radius 3 is 2.59 bits per heavy atom. The van der Waals surface area contributed by atoms with Gasteiger partial charge in [-0.3, -0.25) is 9.59 Å². The largest absolute Gasteiger partial charge is 0.481 e. The van der Waals surface area contributed by atoms with Crippen LogP contribution in [0.4, 0.5) is 0 Å². The summed E-state index contributed by atoms with van der Waals surface area (Å²) in [5, 5.41) is 8.43. The number of carboxylic acid groups (broad SMARTS) is 1. The molecule has 0 atom stereocenters. The van der Waals surface area contributed by atoms with Crippen molar-refractivity contribution in [2.75, 3.05) is 32.4 Å². The van der Waals surface area contributed by atoms with Crippen LogP contribution in [0.3, 0.4) is 0 Å². The van der Waals surface area contributed by atoms with Crippen molar-refractivity contribution in [3.8, 4) is 0 Å². The number of piperazine rings is 1. The molecule has 7 nitrogen and oxygen atoms in total. The second kappa shape index (κ2) is 5.46. The van der Waals surface area contributed by atoms with Crippen molar-refractivity contribution in [1.82, 2.24) is 9.21 Å². The monoisotopic (exact) mass is 264 g/mol. The number of carbonyl (C=O) groups excluding carboxylic acids is 1. The number of amides is 1. The third-order valence-corrected chi connectivity index (χ3v) is 4.51. The van der Waals surface area contributed by atoms with E-state index >= 15 is 0 Å². The maximum absolute atomic E-state index is 11.8. The van der Waals surface area contributed by atoms with Crippen molar-refractivity contribution in [2.24, 2.45) is 0 Å². The first-order valence-electron chi connectivity index (χ1n) is 5.26. The molecule has 0 bridgehead atoms. The number of aliphatic carboxylic acids is 1. The Hall–Kier alpha value is -1.15. The van der Waals surface area contributed by atoms with Crippen molar-refractivity contribution in [2.45, 2.75) is 12.8 Å². The van der Waals surface area contributed by atoms with Crippen LogP contribution in [0.15, 0.2) is 0 Å². The Bertz CT molecular complexity index is 406. The number of likely N-dealkylation sites (N-methyl/N-ethyl adjacent to an activating group) is 1. The average molecular weight is 264 g/mol. The molecule has 0 saturated carbocycles. The molecule has 0 radical (unpaired) electrons. The number of carboxylic acids is 1. The first-order valence-corrected chi connectivity index (χ1v) is 6.87. The highest BCUT2D eigenvalue weighted by atomic mass is 32.2. The molecule has 98 valence electrons. The van der Waals surface area contributed by atoms with Gasteiger partial charge in [0, 0.05) is 26.6 Å². The zero-order chi connectivity index (χ0) is 13.1. The summed E-state index contributed by atoms with van der Waals surface area (Å²) in [4.78, 5) is 23.1. The summed E-state index contributed by atoms with van der Waals surface area (Å²) < 4.78 is 24.7. The Balaban J connectivity index is 2.53. The van der Waals surface area contributed by atoms with Crippen molar-refractivity contribution < 1.29 is 23.1 Å². The molecule has 0 aliphatic carbocycles. The second-order valence-corrected chi connectivity index (χ2v) is 6.05. The van der Waals surface area contributed by atoms with Gasteiger partial charge in [0.1, 0.15) is 0 Å². The molecule has 1 rings (SSSR count). The predicted molar refractivity (Wildman–Crippen MR) is 59.9 cm³/mol. The van der Waals surface area contributed by atoms with Crippen molar-refractivity contribution in [1.29, 1.82) is 0 Å². The van der Waals surface area contributed by atoms with E-state index in [-0.39, 0.29) is 37.6 Å². The minimum atomic E-state index is -3.51. The number of carbonyl (C=O) groups is 2. The number of nitrogens with zero attached hydrogens (tertiary/aromatic N) is 2. The highest BCUT2D eigenvalue weighted by Gasteiger charge is 2.29. The third-order valence-electron chi connectivity index (χ3n) is 2.61. The molecule has 1 N–H and O–H groups in total. The summed E-state index contributed by atoms with van der Waals surface area (Å²) in [7, 11) is -1.89. The number of rotatable bonds is 5. The van der Waals surface area contributed by atoms with E-state index in [0.29, 0.717) is 6.54 Å². The number of hydrogen-bond donors (Lipinski definition) is 1. The zero-order valence-corrected chi connectivity index (χ0v) is 10.4. The quantitative estimate of drug-likeness (QED) is 0.684. The summed E-state index contributed by atoms with van der Waals surface area (Å²) >= 11 is 0. The topological polar surface area (TPSA) is 95.0 Å². The SMILES string of the molecule is CN1CCN(S(=O)(=O)CCCC(=O)O)CC1=O. The molecule has 0 unspecified atom stereocenters. The van der Waals surface area contributed by atoms with Gasteiger partial charge in [0.25, 0.3) is 0 Å². The molecule has 1 aliphatic rings. The summed E-state index contributed by atoms with van der Waals surface area (Å²) in [6, 6.07) is 0. The summed E-state index contributed by atoms with van der Waals surface area (Å²) in [6.07, 6.45) is -0.112. The molecule has 0 aromatic rings. The van der Waals surface area contributed by atoms with Crippen LogP contribution in [-0.4, -0.2) is 67.0 Å². The molecule has 8 heteroatoms. The molecule has 1 amide bonds. The normalized spacial score (nSPS) is 18.4. The van der Waals surface area contributed by atoms with E-state index in [2.05, 4.69) is 0 Å². The molecule has 1 fully saturated rings. The highest BCUT2D eigenvalue weighted by Crippen LogP contribution is 2.09. The highest BCUT2D eigenvalue weighted by molar-refractivity contribution is 7.89. The summed E-state index contributed by atoms with van der Waals surface area (Å²) in [5.41, 5.74) is 0. The van der Waals surface area contributed by atoms with Gasteiger partial charge in [0.2, 0.25) is 15.9 Å². The Morgan fingerprint density at radius 1 is 1.41 bits per heavy atom. The van der Waals surface area contributed by atoms with Gasteiger partial charge >= 0.3 is 5.97 Å². The Kier molecular flexibility index (Phi) is 4.47. The summed E-state index contributed by atoms with van der Waals surface area (Å²) in [5.74, 6) is -1.48. The van der Waals surface area contributed by atoms with Crippen LogP contribution >= 0.6 is 0 Å². The Morgan fingerprint density at radius 2 is 2.06 bits per heavy atom. The lowest BCUT2D eigenvalue weighted by Crippen LogP contribution is -2.51. The molecule has 1 heterocycles. The fourth-order valence-corrected chi connectivity index (χ4v) is 2.94. The molecule has 0 spiro atoms. The maximum Gasteiger partial charge on any atom is 0.303 e. The lowest BCUT2D eigenvalue weighted by molar-refractivity contribution is -0.137. The second-order valence-electron chi connectivity index (χ2n) is 3.96. The van der Waals surface area contributed by atoms with Crippen LogP contribution in [-0.2, 0) is 19.6 Å². The lowest BCUT2D eigenvalue weighted by atomic mass is 10.3. The maximum atomic E-state index is 11.8. The van der Waals surface area contributed by atoms with E-state index < -0.39 is 16.0 Å². The van der Waals surface area contributed by atoms with Crippen LogP contribution in [0.5, 0.6) is 0 Å². The van der Waals surface area contributed by atoms with Crippen LogP contribution in [0.1, 0.15) is 12.8 Å². The molecule has 17 heavy (non-hydrogen) atoms. The lowest BCUT2D eigenvalue weighted by Gasteiger charge is -2.31. The van der Waals surface area contributed by atoms with E-state index in [1.165, 1.54) is 4.90 Å². The van der Waals surface area contributed by atoms with Crippen LogP contribution < -0.4 is 0 Å². The van der Waals surface area contributed by atoms with Gasteiger partial charge in [-0.25, -0.2) is 8.42 Å². The fourth-order valence-electron chi connectivity index (χ4n) is 1.51. The van der Waals surface area contributed by atoms with E-state index in [1.54, 1.807) is 7.05 Å². The molecule has 0 aromatic heterocycles. The van der Waals surface area contributed by atoms with E-state index in [1.807, 2.05) is 0 Å². The van der Waals surface area contributed by atoms with E-state index in [9.17, 15) is 18.0 Å². The van der Waals surface area contributed by atoms with Crippen molar-refractivity contribution >= 4 is 21.9 Å². The minimum Gasteiger partial charge on any atom is -0.481 e. The van der Waals surface area contributed by atoms with E-state index in [0.717, 1.165) is 4.31 Å². The van der Waals surface area contributed by atoms with Gasteiger partial charge in [-0.05, 0) is 6.42 Å². The van der Waals surface area contributed by atoms with E-state index in [4.69, 9.17) is 5.11 Å². The molecular formula is C9H16N2O5S. The standard InChI is InChI=1S/C9H16N2O5S/c1-10-4-5-11(7-8(10)12)17(15,16)6-2-3-9(13)14/h2-7H2,1H3,(H,13,14). The number of hydrogen-bond acceptors (Lipinski definition) is 4. The first kappa shape index (κ1) is 13.9. The van der Waals surface area contributed by atoms with Gasteiger partial charge in [-0.1, -0.05) is 0 Å². The smallest absolute Gasteiger partial charge is 0.303 e. The molecular weight excluding hydrogens is 248 g/mol. The third kappa shape index (κ3) is 3.97. The minimum absolute atomic E-state index is 0.0677. The molecule has 1 aliphatic heterocycles. The van der Waals surface area contributed by atoms with Gasteiger partial charge in [0.15, 0.2) is 0 Å².